The first-order valence-corrected chi connectivity index (χ1v) is 9.56. The van der Waals surface area contributed by atoms with Crippen molar-refractivity contribution in [3.63, 3.8) is 0 Å². The average Bonchev–Trinajstić information content (AvgIpc) is 3.29. The number of nitrogen functional groups attached to an aromatic ring is 1. The molecule has 27 heavy (non-hydrogen) atoms. The summed E-state index contributed by atoms with van der Waals surface area (Å²) in [6.07, 6.45) is 4.74. The zero-order valence-corrected chi connectivity index (χ0v) is 15.6. The Labute approximate surface area is 159 Å². The number of rotatable bonds is 4. The maximum absolute atomic E-state index is 13.4. The Kier molecular flexibility index (Phi) is 4.61. The fourth-order valence-electron chi connectivity index (χ4n) is 3.17. The third kappa shape index (κ3) is 3.55. The molecule has 0 bridgehead atoms. The zero-order valence-electron chi connectivity index (χ0n) is 14.8. The van der Waals surface area contributed by atoms with Gasteiger partial charge in [0.1, 0.15) is 5.82 Å². The average molecular weight is 386 g/mol. The number of nitrogens with one attached hydrogen (secondary N) is 1. The first kappa shape index (κ1) is 17.6. The molecule has 1 fully saturated rings. The fourth-order valence-corrected chi connectivity index (χ4v) is 4.01. The second kappa shape index (κ2) is 7.07. The molecule has 4 heterocycles. The van der Waals surface area contributed by atoms with Gasteiger partial charge in [0.05, 0.1) is 27.5 Å². The van der Waals surface area contributed by atoms with E-state index in [-0.39, 0.29) is 11.9 Å². The van der Waals surface area contributed by atoms with Gasteiger partial charge in [-0.05, 0) is 37.5 Å². The van der Waals surface area contributed by atoms with Gasteiger partial charge in [-0.2, -0.15) is 0 Å². The molecule has 1 aliphatic rings. The predicted molar refractivity (Wildman–Crippen MR) is 103 cm³/mol. The normalized spacial score (nSPS) is 15.3. The highest BCUT2D eigenvalue weighted by Gasteiger charge is 2.25. The van der Waals surface area contributed by atoms with Gasteiger partial charge in [0.15, 0.2) is 5.69 Å². The van der Waals surface area contributed by atoms with Gasteiger partial charge in [0, 0.05) is 19.3 Å². The Morgan fingerprint density at radius 1 is 1.30 bits per heavy atom. The summed E-state index contributed by atoms with van der Waals surface area (Å²) in [6.45, 7) is 3.33. The van der Waals surface area contributed by atoms with Crippen molar-refractivity contribution < 1.29 is 9.18 Å². The van der Waals surface area contributed by atoms with Crippen LogP contribution in [0.2, 0.25) is 0 Å². The first-order chi connectivity index (χ1) is 13.0. The van der Waals surface area contributed by atoms with Crippen molar-refractivity contribution in [3.05, 3.63) is 41.6 Å². The quantitative estimate of drug-likeness (QED) is 0.715. The van der Waals surface area contributed by atoms with Crippen molar-refractivity contribution in [3.8, 4) is 0 Å². The third-order valence-corrected chi connectivity index (χ3v) is 5.52. The van der Waals surface area contributed by atoms with Gasteiger partial charge in [-0.15, -0.1) is 11.3 Å². The van der Waals surface area contributed by atoms with Crippen molar-refractivity contribution in [2.24, 2.45) is 0 Å². The number of likely N-dealkylation sites (tertiary alicyclic amines) is 1. The van der Waals surface area contributed by atoms with Crippen LogP contribution in [0.4, 0.5) is 15.3 Å². The van der Waals surface area contributed by atoms with E-state index in [4.69, 9.17) is 5.73 Å². The summed E-state index contributed by atoms with van der Waals surface area (Å²) in [5.41, 5.74) is 7.57. The van der Waals surface area contributed by atoms with Gasteiger partial charge in [-0.25, -0.2) is 14.4 Å². The lowest BCUT2D eigenvalue weighted by atomic mass is 10.1. The molecule has 7 nitrogen and oxygen atoms in total. The summed E-state index contributed by atoms with van der Waals surface area (Å²) >= 11 is 1.31. The summed E-state index contributed by atoms with van der Waals surface area (Å²) < 4.78 is 14.1. The van der Waals surface area contributed by atoms with E-state index in [1.807, 2.05) is 6.92 Å². The van der Waals surface area contributed by atoms with Crippen molar-refractivity contribution in [1.29, 1.82) is 0 Å². The van der Waals surface area contributed by atoms with E-state index < -0.39 is 5.82 Å². The Hall–Kier alpha value is -2.81. The van der Waals surface area contributed by atoms with E-state index >= 15 is 0 Å². The molecule has 0 radical (unpaired) electrons. The van der Waals surface area contributed by atoms with Crippen molar-refractivity contribution in [1.82, 2.24) is 19.9 Å². The Bertz CT molecular complexity index is 1000. The summed E-state index contributed by atoms with van der Waals surface area (Å²) in [5, 5.41) is 3.71. The molecule has 0 aliphatic carbocycles. The standard InChI is InChI=1S/C18H19FN6OS/c1-10(11-6-12(19)9-21-8-11)22-18-23-13-7-14(20)27-16(13)15(24-18)17(26)25-4-2-3-5-25/h6-10H,2-5,20H2,1H3,(H,22,23,24). The number of halogens is 1. The fraction of sp³-hybridized carbons (Fsp3) is 0.333. The lowest BCUT2D eigenvalue weighted by Crippen LogP contribution is -2.28. The number of carbonyl (C=O) groups excluding carboxylic acids is 1. The SMILES string of the molecule is CC(Nc1nc(C(=O)N2CCCC2)c2sc(N)cc2n1)c1cncc(F)c1. The Morgan fingerprint density at radius 2 is 2.07 bits per heavy atom. The highest BCUT2D eigenvalue weighted by atomic mass is 32.1. The Balaban J connectivity index is 1.69. The number of anilines is 2. The number of amides is 1. The number of aromatic nitrogens is 3. The van der Waals surface area contributed by atoms with Crippen molar-refractivity contribution in [2.45, 2.75) is 25.8 Å². The van der Waals surface area contributed by atoms with Crippen LogP contribution in [0.3, 0.4) is 0 Å². The first-order valence-electron chi connectivity index (χ1n) is 8.74. The largest absolute Gasteiger partial charge is 0.391 e. The minimum absolute atomic E-state index is 0.107. The van der Waals surface area contributed by atoms with E-state index in [1.165, 1.54) is 17.4 Å². The van der Waals surface area contributed by atoms with Gasteiger partial charge in [0.25, 0.3) is 5.91 Å². The van der Waals surface area contributed by atoms with E-state index in [1.54, 1.807) is 17.2 Å². The van der Waals surface area contributed by atoms with E-state index in [0.29, 0.717) is 32.4 Å². The molecule has 0 aromatic carbocycles. The molecule has 3 aromatic heterocycles. The lowest BCUT2D eigenvalue weighted by molar-refractivity contribution is 0.0789. The van der Waals surface area contributed by atoms with Crippen LogP contribution in [-0.4, -0.2) is 38.8 Å². The van der Waals surface area contributed by atoms with E-state index in [2.05, 4.69) is 20.3 Å². The van der Waals surface area contributed by atoms with Gasteiger partial charge in [-0.1, -0.05) is 0 Å². The molecule has 9 heteroatoms. The van der Waals surface area contributed by atoms with Crippen LogP contribution in [0.25, 0.3) is 10.2 Å². The molecule has 140 valence electrons. The Morgan fingerprint density at radius 3 is 2.81 bits per heavy atom. The molecule has 0 spiro atoms. The highest BCUT2D eigenvalue weighted by molar-refractivity contribution is 7.22. The predicted octanol–water partition coefficient (Wildman–Crippen LogP) is 3.22. The lowest BCUT2D eigenvalue weighted by Gasteiger charge is -2.17. The molecule has 1 atom stereocenters. The molecule has 4 rings (SSSR count). The van der Waals surface area contributed by atoms with Crippen LogP contribution in [0.5, 0.6) is 0 Å². The topological polar surface area (TPSA) is 97.0 Å². The summed E-state index contributed by atoms with van der Waals surface area (Å²) in [5.74, 6) is -0.211. The molecule has 1 unspecified atom stereocenters. The third-order valence-electron chi connectivity index (χ3n) is 4.56. The summed E-state index contributed by atoms with van der Waals surface area (Å²) in [6, 6.07) is 2.86. The summed E-state index contributed by atoms with van der Waals surface area (Å²) in [4.78, 5) is 27.6. The highest BCUT2D eigenvalue weighted by Crippen LogP contribution is 2.31. The number of fused-ring (bicyclic) bond motifs is 1. The van der Waals surface area contributed by atoms with E-state index in [9.17, 15) is 9.18 Å². The van der Waals surface area contributed by atoms with Crippen LogP contribution in [0.15, 0.2) is 24.5 Å². The van der Waals surface area contributed by atoms with Crippen LogP contribution >= 0.6 is 11.3 Å². The maximum atomic E-state index is 13.4. The summed E-state index contributed by atoms with van der Waals surface area (Å²) in [7, 11) is 0. The zero-order chi connectivity index (χ0) is 19.0. The van der Waals surface area contributed by atoms with Crippen molar-refractivity contribution in [2.75, 3.05) is 24.1 Å². The van der Waals surface area contributed by atoms with Crippen LogP contribution in [0, 0.1) is 5.82 Å². The van der Waals surface area contributed by atoms with Gasteiger partial charge in [-0.3, -0.25) is 9.78 Å². The number of thiophene rings is 1. The van der Waals surface area contributed by atoms with Gasteiger partial charge >= 0.3 is 0 Å². The number of carbonyl (C=O) groups is 1. The molecular formula is C18H19FN6OS. The molecule has 1 amide bonds. The van der Waals surface area contributed by atoms with Crippen LogP contribution in [-0.2, 0) is 0 Å². The molecule has 1 saturated heterocycles. The number of pyridine rings is 1. The number of hydrogen-bond donors (Lipinski definition) is 2. The molecule has 0 saturated carbocycles. The van der Waals surface area contributed by atoms with Gasteiger partial charge in [0.2, 0.25) is 5.95 Å². The smallest absolute Gasteiger partial charge is 0.274 e. The molecule has 1 aliphatic heterocycles. The minimum atomic E-state index is -0.409. The number of nitrogens with two attached hydrogens (primary N) is 1. The maximum Gasteiger partial charge on any atom is 0.274 e. The molecule has 3 N–H and O–H groups in total. The van der Waals surface area contributed by atoms with Gasteiger partial charge < -0.3 is 16.0 Å². The van der Waals surface area contributed by atoms with Crippen LogP contribution < -0.4 is 11.1 Å². The molecular weight excluding hydrogens is 367 g/mol. The molecule has 3 aromatic rings. The van der Waals surface area contributed by atoms with Crippen LogP contribution in [0.1, 0.15) is 41.9 Å². The van der Waals surface area contributed by atoms with Crippen molar-refractivity contribution >= 4 is 38.4 Å². The second-order valence-electron chi connectivity index (χ2n) is 6.56. The second-order valence-corrected chi connectivity index (χ2v) is 7.64. The minimum Gasteiger partial charge on any atom is -0.391 e. The van der Waals surface area contributed by atoms with E-state index in [0.717, 1.165) is 32.1 Å². The monoisotopic (exact) mass is 386 g/mol. The number of hydrogen-bond acceptors (Lipinski definition) is 7. The number of nitrogens with zero attached hydrogens (tertiary/aromatic N) is 4.